The molecule has 1 saturated heterocycles. The third-order valence-electron chi connectivity index (χ3n) is 8.49. The number of hydrogen-bond donors (Lipinski definition) is 3. The normalized spacial score (nSPS) is 26.2. The zero-order chi connectivity index (χ0) is 32.1. The summed E-state index contributed by atoms with van der Waals surface area (Å²) >= 11 is 0. The first kappa shape index (κ1) is 32.3. The van der Waals surface area contributed by atoms with E-state index in [9.17, 15) is 9.59 Å². The van der Waals surface area contributed by atoms with Crippen LogP contribution in [0.15, 0.2) is 60.3 Å². The largest absolute Gasteiger partial charge is 0.489 e. The predicted octanol–water partition coefficient (Wildman–Crippen LogP) is 4.30. The van der Waals surface area contributed by atoms with Crippen LogP contribution in [0.5, 0.6) is 0 Å². The number of pyridine rings is 1. The number of carbonyl (C=O) groups is 2. The Morgan fingerprint density at radius 1 is 1.11 bits per heavy atom. The van der Waals surface area contributed by atoms with Gasteiger partial charge in [0.2, 0.25) is 11.8 Å². The summed E-state index contributed by atoms with van der Waals surface area (Å²) in [5.41, 5.74) is 5.71. The van der Waals surface area contributed by atoms with E-state index >= 15 is 0 Å². The van der Waals surface area contributed by atoms with E-state index in [-0.39, 0.29) is 30.0 Å². The molecule has 45 heavy (non-hydrogen) atoms. The van der Waals surface area contributed by atoms with Gasteiger partial charge in [-0.05, 0) is 95.5 Å². The lowest BCUT2D eigenvalue weighted by Gasteiger charge is -2.37. The molecule has 2 aliphatic rings. The average molecular weight is 615 g/mol. The fourth-order valence-corrected chi connectivity index (χ4v) is 5.81. The lowest BCUT2D eigenvalue weighted by Crippen LogP contribution is -2.57. The number of aryl methyl sites for hydroxylation is 1. The first-order valence-corrected chi connectivity index (χ1v) is 15.9. The molecule has 11 nitrogen and oxygen atoms in total. The molecule has 3 aromatic rings. The van der Waals surface area contributed by atoms with Gasteiger partial charge in [0.1, 0.15) is 17.9 Å². The lowest BCUT2D eigenvalue weighted by molar-refractivity contribution is -0.133. The second-order valence-electron chi connectivity index (χ2n) is 13.1. The van der Waals surface area contributed by atoms with Crippen molar-refractivity contribution < 1.29 is 14.3 Å². The molecular weight excluding hydrogens is 568 g/mol. The summed E-state index contributed by atoms with van der Waals surface area (Å²) in [6.45, 7) is 13.8. The Hall–Kier alpha value is -4.09. The van der Waals surface area contributed by atoms with Crippen molar-refractivity contribution in [2.24, 2.45) is 5.41 Å². The summed E-state index contributed by atoms with van der Waals surface area (Å²) in [5, 5.41) is 18.3. The molecule has 0 saturated carbocycles. The highest BCUT2D eigenvalue weighted by Gasteiger charge is 2.31. The van der Waals surface area contributed by atoms with E-state index in [0.29, 0.717) is 19.5 Å². The van der Waals surface area contributed by atoms with Crippen molar-refractivity contribution in [3.63, 3.8) is 0 Å². The summed E-state index contributed by atoms with van der Waals surface area (Å²) in [5.74, 6) is 0.468. The highest BCUT2D eigenvalue weighted by molar-refractivity contribution is 5.91. The summed E-state index contributed by atoms with van der Waals surface area (Å²) in [7, 11) is 0. The van der Waals surface area contributed by atoms with E-state index in [4.69, 9.17) is 4.74 Å². The van der Waals surface area contributed by atoms with Crippen molar-refractivity contribution in [1.29, 1.82) is 0 Å². The van der Waals surface area contributed by atoms with E-state index in [2.05, 4.69) is 75.3 Å². The first-order chi connectivity index (χ1) is 21.5. The monoisotopic (exact) mass is 614 g/mol. The average Bonchev–Trinajstić information content (AvgIpc) is 3.53. The van der Waals surface area contributed by atoms with Crippen LogP contribution in [0.25, 0.3) is 16.8 Å². The van der Waals surface area contributed by atoms with Crippen LogP contribution in [0.3, 0.4) is 0 Å². The first-order valence-electron chi connectivity index (χ1n) is 15.9. The quantitative estimate of drug-likeness (QED) is 0.399. The number of hydrazine groups is 1. The van der Waals surface area contributed by atoms with Crippen LogP contribution < -0.4 is 16.1 Å². The maximum atomic E-state index is 13.6. The molecule has 2 amide bonds. The number of amides is 2. The number of fused-ring (bicyclic) bond motifs is 4. The number of rotatable bonds is 3. The minimum Gasteiger partial charge on any atom is -0.489 e. The topological polar surface area (TPSA) is 126 Å². The molecular formula is C34H46N8O3. The second-order valence-corrected chi connectivity index (χ2v) is 13.1. The molecule has 240 valence electrons. The van der Waals surface area contributed by atoms with Crippen molar-refractivity contribution >= 4 is 28.7 Å². The van der Waals surface area contributed by atoms with Crippen LogP contribution >= 0.6 is 0 Å². The summed E-state index contributed by atoms with van der Waals surface area (Å²) < 4.78 is 8.33. The van der Waals surface area contributed by atoms with Gasteiger partial charge in [0, 0.05) is 43.5 Å². The third kappa shape index (κ3) is 8.15. The van der Waals surface area contributed by atoms with Crippen LogP contribution in [-0.2, 0) is 20.9 Å². The van der Waals surface area contributed by atoms with E-state index in [1.54, 1.807) is 17.1 Å². The van der Waals surface area contributed by atoms with Gasteiger partial charge in [-0.2, -0.15) is 0 Å². The zero-order valence-electron chi connectivity index (χ0n) is 27.2. The van der Waals surface area contributed by atoms with Crippen LogP contribution in [0.2, 0.25) is 0 Å². The van der Waals surface area contributed by atoms with Crippen LogP contribution in [0.1, 0.15) is 78.2 Å². The Labute approximate surface area is 265 Å². The molecule has 5 unspecified atom stereocenters. The molecule has 2 aromatic heterocycles. The molecule has 1 fully saturated rings. The fourth-order valence-electron chi connectivity index (χ4n) is 5.81. The predicted molar refractivity (Wildman–Crippen MR) is 174 cm³/mol. The van der Waals surface area contributed by atoms with Gasteiger partial charge in [-0.3, -0.25) is 19.3 Å². The fraction of sp³-hybridized carbons (Fsp3) is 0.500. The van der Waals surface area contributed by atoms with Crippen molar-refractivity contribution in [2.75, 3.05) is 13.1 Å². The second kappa shape index (κ2) is 13.9. The van der Waals surface area contributed by atoms with Crippen LogP contribution in [-0.4, -0.2) is 68.0 Å². The van der Waals surface area contributed by atoms with E-state index in [1.165, 1.54) is 0 Å². The minimum atomic E-state index is -0.898. The van der Waals surface area contributed by atoms with Gasteiger partial charge in [-0.25, -0.2) is 10.4 Å². The Bertz CT molecular complexity index is 1560. The van der Waals surface area contributed by atoms with Gasteiger partial charge in [-0.1, -0.05) is 23.4 Å². The molecule has 5 atom stereocenters. The van der Waals surface area contributed by atoms with Gasteiger partial charge >= 0.3 is 0 Å². The Kier molecular flexibility index (Phi) is 9.99. The molecule has 2 aliphatic heterocycles. The highest BCUT2D eigenvalue weighted by atomic mass is 16.5. The Balaban J connectivity index is 1.48. The van der Waals surface area contributed by atoms with E-state index in [1.807, 2.05) is 45.2 Å². The van der Waals surface area contributed by atoms with Gasteiger partial charge in [0.15, 0.2) is 0 Å². The maximum Gasteiger partial charge on any atom is 0.242 e. The van der Waals surface area contributed by atoms with Gasteiger partial charge in [0.25, 0.3) is 0 Å². The SMILES string of the molecule is CC(C)=C1OC(C)c2ccc3cnc(cc3c2)C=CC(C)(C)C(=O)NC(CCn2ccnn2)C(=O)NC(C)CN2CCCC1N2. The van der Waals surface area contributed by atoms with Crippen molar-refractivity contribution in [3.8, 4) is 0 Å². The number of ether oxygens (including phenoxy) is 1. The number of nitrogens with one attached hydrogen (secondary N) is 3. The Morgan fingerprint density at radius 3 is 2.69 bits per heavy atom. The number of allylic oxidation sites excluding steroid dienone is 1. The van der Waals surface area contributed by atoms with Crippen molar-refractivity contribution in [2.45, 2.75) is 91.6 Å². The lowest BCUT2D eigenvalue weighted by atomic mass is 9.90. The molecule has 4 heterocycles. The van der Waals surface area contributed by atoms with Crippen LogP contribution in [0.4, 0.5) is 0 Å². The smallest absolute Gasteiger partial charge is 0.242 e. The molecule has 5 bridgehead atoms. The maximum absolute atomic E-state index is 13.6. The molecule has 1 aromatic carbocycles. The van der Waals surface area contributed by atoms with Crippen molar-refractivity contribution in [1.82, 2.24) is 41.0 Å². The highest BCUT2D eigenvalue weighted by Crippen LogP contribution is 2.29. The van der Waals surface area contributed by atoms with Gasteiger partial charge in [0.05, 0.1) is 23.3 Å². The van der Waals surface area contributed by atoms with Crippen LogP contribution in [0, 0.1) is 5.41 Å². The molecule has 5 rings (SSSR count). The third-order valence-corrected chi connectivity index (χ3v) is 8.49. The van der Waals surface area contributed by atoms with E-state index in [0.717, 1.165) is 52.7 Å². The molecule has 0 aliphatic carbocycles. The summed E-state index contributed by atoms with van der Waals surface area (Å²) in [4.78, 5) is 31.8. The standard InChI is InChI=1S/C34H46N8O3/c1-22(2)31-29-8-7-15-42(39-29)21-23(3)37-32(43)30(12-16-41-17-14-36-40-41)38-33(44)34(5,6)13-11-28-19-27-18-25(24(4)45-31)9-10-26(27)20-35-28/h9-11,13-14,17-20,23-24,29-30,39H,7-8,12,15-16,21H2,1-6H3,(H,37,43)(H,38,44). The Morgan fingerprint density at radius 2 is 1.93 bits per heavy atom. The molecule has 11 heteroatoms. The van der Waals surface area contributed by atoms with Gasteiger partial charge < -0.3 is 15.4 Å². The number of carbonyl (C=O) groups excluding carboxylic acids is 2. The number of nitrogens with zero attached hydrogens (tertiary/aromatic N) is 5. The number of hydrogen-bond acceptors (Lipinski definition) is 8. The molecule has 0 radical (unpaired) electrons. The van der Waals surface area contributed by atoms with Gasteiger partial charge in [-0.15, -0.1) is 5.10 Å². The van der Waals surface area contributed by atoms with E-state index < -0.39 is 11.5 Å². The molecule has 3 N–H and O–H groups in total. The number of benzene rings is 1. The summed E-state index contributed by atoms with van der Waals surface area (Å²) in [6, 6.07) is 7.46. The number of aromatic nitrogens is 4. The van der Waals surface area contributed by atoms with Crippen molar-refractivity contribution in [3.05, 3.63) is 71.5 Å². The minimum absolute atomic E-state index is 0.0292. The molecule has 0 spiro atoms. The summed E-state index contributed by atoms with van der Waals surface area (Å²) in [6.07, 6.45) is 11.0. The zero-order valence-corrected chi connectivity index (χ0v) is 27.2.